The second-order valence-corrected chi connectivity index (χ2v) is 4.00. The molecule has 12 heavy (non-hydrogen) atoms. The van der Waals surface area contributed by atoms with Gasteiger partial charge in [-0.15, -0.1) is 11.8 Å². The number of pyridine rings is 1. The van der Waals surface area contributed by atoms with Gasteiger partial charge in [-0.3, -0.25) is 4.98 Å². The molecule has 0 aliphatic carbocycles. The molecule has 1 aromatic heterocycles. The summed E-state index contributed by atoms with van der Waals surface area (Å²) in [7, 11) is 0. The minimum Gasteiger partial charge on any atom is -0.397 e. The molecule has 0 aromatic carbocycles. The van der Waals surface area contributed by atoms with Gasteiger partial charge in [0.2, 0.25) is 0 Å². The summed E-state index contributed by atoms with van der Waals surface area (Å²) in [4.78, 5) is 4.86. The number of aromatic nitrogens is 1. The summed E-state index contributed by atoms with van der Waals surface area (Å²) in [6.45, 7) is 2.11. The summed E-state index contributed by atoms with van der Waals surface area (Å²) >= 11 is 1.56. The molecular weight excluding hydrogens is 172 g/mol. The molecule has 0 spiro atoms. The van der Waals surface area contributed by atoms with Crippen LogP contribution in [0.1, 0.15) is 6.92 Å². The maximum absolute atomic E-state index is 8.81. The molecule has 1 rings (SSSR count). The quantitative estimate of drug-likeness (QED) is 0.691. The van der Waals surface area contributed by atoms with E-state index in [0.717, 1.165) is 4.90 Å². The van der Waals surface area contributed by atoms with Gasteiger partial charge in [0.05, 0.1) is 18.5 Å². The lowest BCUT2D eigenvalue weighted by molar-refractivity contribution is 0.300. The van der Waals surface area contributed by atoms with Crippen molar-refractivity contribution >= 4 is 17.4 Å². The second kappa shape index (κ2) is 4.33. The smallest absolute Gasteiger partial charge is 0.0638 e. The fourth-order valence-corrected chi connectivity index (χ4v) is 1.59. The van der Waals surface area contributed by atoms with E-state index in [-0.39, 0.29) is 11.9 Å². The molecule has 0 saturated carbocycles. The van der Waals surface area contributed by atoms with Gasteiger partial charge in [0.15, 0.2) is 0 Å². The van der Waals surface area contributed by atoms with E-state index in [1.165, 1.54) is 0 Å². The van der Waals surface area contributed by atoms with Crippen LogP contribution < -0.4 is 5.73 Å². The number of nitrogen functional groups attached to an aromatic ring is 1. The number of hydrogen-bond acceptors (Lipinski definition) is 4. The van der Waals surface area contributed by atoms with Gasteiger partial charge in [-0.2, -0.15) is 0 Å². The largest absolute Gasteiger partial charge is 0.397 e. The maximum Gasteiger partial charge on any atom is 0.0638 e. The van der Waals surface area contributed by atoms with Gasteiger partial charge in [-0.25, -0.2) is 0 Å². The van der Waals surface area contributed by atoms with Crippen molar-refractivity contribution in [3.05, 3.63) is 18.5 Å². The van der Waals surface area contributed by atoms with E-state index < -0.39 is 0 Å². The van der Waals surface area contributed by atoms with Gasteiger partial charge in [0, 0.05) is 16.3 Å². The summed E-state index contributed by atoms with van der Waals surface area (Å²) in [5.41, 5.74) is 6.33. The number of rotatable bonds is 3. The highest BCUT2D eigenvalue weighted by Gasteiger charge is 2.04. The first kappa shape index (κ1) is 9.35. The SMILES string of the molecule is CC(CO)Sc1ccncc1N. The maximum atomic E-state index is 8.81. The van der Waals surface area contributed by atoms with Crippen LogP contribution >= 0.6 is 11.8 Å². The first-order valence-electron chi connectivity index (χ1n) is 3.71. The summed E-state index contributed by atoms with van der Waals surface area (Å²) in [6.07, 6.45) is 3.31. The molecule has 1 aromatic rings. The molecule has 66 valence electrons. The van der Waals surface area contributed by atoms with Gasteiger partial charge in [0.1, 0.15) is 0 Å². The minimum atomic E-state index is 0.159. The van der Waals surface area contributed by atoms with Crippen LogP contribution in [0.3, 0.4) is 0 Å². The van der Waals surface area contributed by atoms with E-state index in [2.05, 4.69) is 4.98 Å². The first-order valence-corrected chi connectivity index (χ1v) is 4.59. The molecule has 0 aliphatic rings. The van der Waals surface area contributed by atoms with Crippen molar-refractivity contribution in [1.29, 1.82) is 0 Å². The van der Waals surface area contributed by atoms with Crippen LogP contribution in [0.4, 0.5) is 5.69 Å². The Kier molecular flexibility index (Phi) is 3.37. The highest BCUT2D eigenvalue weighted by atomic mass is 32.2. The first-order chi connectivity index (χ1) is 5.74. The number of hydrogen-bond donors (Lipinski definition) is 2. The van der Waals surface area contributed by atoms with Crippen LogP contribution in [-0.4, -0.2) is 21.9 Å². The molecule has 0 bridgehead atoms. The Bertz CT molecular complexity index is 255. The predicted molar refractivity (Wildman–Crippen MR) is 51.1 cm³/mol. The second-order valence-electron chi connectivity index (χ2n) is 2.52. The number of nitrogens with two attached hydrogens (primary N) is 1. The average Bonchev–Trinajstić information content (AvgIpc) is 2.09. The highest BCUT2D eigenvalue weighted by Crippen LogP contribution is 2.26. The summed E-state index contributed by atoms with van der Waals surface area (Å²) in [5, 5.41) is 8.99. The molecule has 0 aliphatic heterocycles. The van der Waals surface area contributed by atoms with Crippen LogP contribution in [0.2, 0.25) is 0 Å². The lowest BCUT2D eigenvalue weighted by Crippen LogP contribution is -2.02. The molecule has 1 heterocycles. The van der Waals surface area contributed by atoms with Crippen LogP contribution in [0.15, 0.2) is 23.4 Å². The molecule has 1 atom stereocenters. The number of nitrogens with zero attached hydrogens (tertiary/aromatic N) is 1. The van der Waals surface area contributed by atoms with Crippen molar-refractivity contribution in [2.24, 2.45) is 0 Å². The van der Waals surface area contributed by atoms with E-state index in [0.29, 0.717) is 5.69 Å². The molecule has 0 amide bonds. The Hall–Kier alpha value is -0.740. The fourth-order valence-electron chi connectivity index (χ4n) is 0.755. The molecule has 0 radical (unpaired) electrons. The van der Waals surface area contributed by atoms with Gasteiger partial charge in [0.25, 0.3) is 0 Å². The number of thioether (sulfide) groups is 1. The van der Waals surface area contributed by atoms with Crippen LogP contribution in [0.25, 0.3) is 0 Å². The monoisotopic (exact) mass is 184 g/mol. The van der Waals surface area contributed by atoms with E-state index in [9.17, 15) is 0 Å². The highest BCUT2D eigenvalue weighted by molar-refractivity contribution is 8.00. The van der Waals surface area contributed by atoms with Gasteiger partial charge in [-0.05, 0) is 6.07 Å². The molecule has 1 unspecified atom stereocenters. The zero-order chi connectivity index (χ0) is 8.97. The number of aliphatic hydroxyl groups is 1. The van der Waals surface area contributed by atoms with Crippen LogP contribution in [-0.2, 0) is 0 Å². The topological polar surface area (TPSA) is 59.1 Å². The Morgan fingerprint density at radius 3 is 3.08 bits per heavy atom. The van der Waals surface area contributed by atoms with E-state index in [1.807, 2.05) is 13.0 Å². The zero-order valence-electron chi connectivity index (χ0n) is 6.90. The van der Waals surface area contributed by atoms with Crippen molar-refractivity contribution in [2.75, 3.05) is 12.3 Å². The minimum absolute atomic E-state index is 0.159. The molecule has 0 fully saturated rings. The zero-order valence-corrected chi connectivity index (χ0v) is 7.71. The van der Waals surface area contributed by atoms with Crippen molar-refractivity contribution in [3.8, 4) is 0 Å². The predicted octanol–water partition coefficient (Wildman–Crippen LogP) is 1.14. The van der Waals surface area contributed by atoms with Crippen molar-refractivity contribution < 1.29 is 5.11 Å². The van der Waals surface area contributed by atoms with Gasteiger partial charge < -0.3 is 10.8 Å². The molecular formula is C8H12N2OS. The van der Waals surface area contributed by atoms with Crippen molar-refractivity contribution in [1.82, 2.24) is 4.98 Å². The lowest BCUT2D eigenvalue weighted by atomic mass is 10.4. The third-order valence-electron chi connectivity index (χ3n) is 1.40. The van der Waals surface area contributed by atoms with E-state index in [4.69, 9.17) is 10.8 Å². The normalized spacial score (nSPS) is 12.8. The Morgan fingerprint density at radius 2 is 2.50 bits per heavy atom. The van der Waals surface area contributed by atoms with Crippen LogP contribution in [0, 0.1) is 0 Å². The standard InChI is InChI=1S/C8H12N2OS/c1-6(5-11)12-8-2-3-10-4-7(8)9/h2-4,6,11H,5,9H2,1H3. The Morgan fingerprint density at radius 1 is 1.75 bits per heavy atom. The van der Waals surface area contributed by atoms with Crippen LogP contribution in [0.5, 0.6) is 0 Å². The third-order valence-corrected chi connectivity index (χ3v) is 2.57. The Balaban J connectivity index is 2.69. The number of aliphatic hydroxyl groups excluding tert-OH is 1. The van der Waals surface area contributed by atoms with E-state index in [1.54, 1.807) is 24.2 Å². The van der Waals surface area contributed by atoms with Gasteiger partial charge >= 0.3 is 0 Å². The molecule has 0 saturated heterocycles. The molecule has 3 nitrogen and oxygen atoms in total. The number of anilines is 1. The lowest BCUT2D eigenvalue weighted by Gasteiger charge is -2.08. The van der Waals surface area contributed by atoms with Crippen molar-refractivity contribution in [2.45, 2.75) is 17.1 Å². The summed E-state index contributed by atoms with van der Waals surface area (Å²) in [5.74, 6) is 0. The molecule has 4 heteroatoms. The van der Waals surface area contributed by atoms with Crippen molar-refractivity contribution in [3.63, 3.8) is 0 Å². The third kappa shape index (κ3) is 2.39. The Labute approximate surface area is 76.0 Å². The molecule has 3 N–H and O–H groups in total. The average molecular weight is 184 g/mol. The van der Waals surface area contributed by atoms with Gasteiger partial charge in [-0.1, -0.05) is 6.92 Å². The fraction of sp³-hybridized carbons (Fsp3) is 0.375. The van der Waals surface area contributed by atoms with E-state index >= 15 is 0 Å². The summed E-state index contributed by atoms with van der Waals surface area (Å²) in [6, 6.07) is 1.85. The summed E-state index contributed by atoms with van der Waals surface area (Å²) < 4.78 is 0.